The quantitative estimate of drug-likeness (QED) is 0.374. The number of nitrogens with zero attached hydrogens (tertiary/aromatic N) is 1. The van der Waals surface area contributed by atoms with Crippen LogP contribution in [0.2, 0.25) is 0 Å². The fourth-order valence-corrected chi connectivity index (χ4v) is 4.52. The maximum atomic E-state index is 13.6. The van der Waals surface area contributed by atoms with Crippen LogP contribution in [0.15, 0.2) is 78.9 Å². The van der Waals surface area contributed by atoms with Crippen LogP contribution in [0.1, 0.15) is 35.2 Å². The third-order valence-corrected chi connectivity index (χ3v) is 6.24. The van der Waals surface area contributed by atoms with Crippen LogP contribution >= 0.6 is 0 Å². The summed E-state index contributed by atoms with van der Waals surface area (Å²) in [5.41, 5.74) is 4.21. The van der Waals surface area contributed by atoms with Gasteiger partial charge in [-0.15, -0.1) is 0 Å². The molecule has 4 nitrogen and oxygen atoms in total. The van der Waals surface area contributed by atoms with Crippen LogP contribution in [0.3, 0.4) is 0 Å². The van der Waals surface area contributed by atoms with Gasteiger partial charge in [0.05, 0.1) is 11.3 Å². The molecule has 0 atom stereocenters. The molecule has 5 rings (SSSR count). The summed E-state index contributed by atoms with van der Waals surface area (Å²) >= 11 is 0. The number of carbonyl (C=O) groups is 1. The van der Waals surface area contributed by atoms with Crippen molar-refractivity contribution in [2.75, 3.05) is 26.2 Å². The minimum atomic E-state index is 0.0150. The topological polar surface area (TPSA) is 45.3 Å². The molecule has 162 valence electrons. The maximum Gasteiger partial charge on any atom is 0.195 e. The first-order chi connectivity index (χ1) is 15.8. The number of rotatable bonds is 7. The lowest BCUT2D eigenvalue weighted by atomic mass is 9.97. The molecule has 0 aliphatic carbocycles. The molecule has 0 saturated carbocycles. The first-order valence-corrected chi connectivity index (χ1v) is 11.5. The molecule has 1 aliphatic heterocycles. The van der Waals surface area contributed by atoms with Crippen molar-refractivity contribution in [2.45, 2.75) is 19.3 Å². The van der Waals surface area contributed by atoms with Crippen LogP contribution in [0.25, 0.3) is 22.2 Å². The number of nitrogens with one attached hydrogen (secondary N) is 1. The van der Waals surface area contributed by atoms with Gasteiger partial charge in [-0.25, -0.2) is 0 Å². The summed E-state index contributed by atoms with van der Waals surface area (Å²) in [6.45, 7) is 3.97. The molecule has 32 heavy (non-hydrogen) atoms. The van der Waals surface area contributed by atoms with Gasteiger partial charge in [-0.1, -0.05) is 55.0 Å². The van der Waals surface area contributed by atoms with Crippen LogP contribution in [-0.4, -0.2) is 41.9 Å². The first-order valence-electron chi connectivity index (χ1n) is 11.5. The Morgan fingerprint density at radius 1 is 0.844 bits per heavy atom. The number of ketones is 1. The fourth-order valence-electron chi connectivity index (χ4n) is 4.52. The van der Waals surface area contributed by atoms with Gasteiger partial charge in [-0.05, 0) is 61.8 Å². The van der Waals surface area contributed by atoms with Crippen molar-refractivity contribution in [1.29, 1.82) is 0 Å². The Morgan fingerprint density at radius 3 is 2.34 bits per heavy atom. The van der Waals surface area contributed by atoms with E-state index in [4.69, 9.17) is 4.74 Å². The van der Waals surface area contributed by atoms with E-state index >= 15 is 0 Å². The summed E-state index contributed by atoms with van der Waals surface area (Å²) in [4.78, 5) is 19.5. The van der Waals surface area contributed by atoms with Crippen LogP contribution < -0.4 is 4.74 Å². The van der Waals surface area contributed by atoms with Gasteiger partial charge in [0.2, 0.25) is 0 Å². The van der Waals surface area contributed by atoms with Gasteiger partial charge in [0.1, 0.15) is 12.4 Å². The normalized spacial score (nSPS) is 14.5. The minimum Gasteiger partial charge on any atom is -0.492 e. The fraction of sp³-hybridized carbons (Fsp3) is 0.250. The van der Waals surface area contributed by atoms with Gasteiger partial charge in [0, 0.05) is 23.0 Å². The molecule has 1 N–H and O–H groups in total. The first kappa shape index (κ1) is 20.5. The number of ether oxygens (including phenoxy) is 1. The van der Waals surface area contributed by atoms with E-state index in [0.29, 0.717) is 17.7 Å². The highest BCUT2D eigenvalue weighted by molar-refractivity contribution is 6.20. The zero-order chi connectivity index (χ0) is 21.8. The Balaban J connectivity index is 1.36. The molecular weight excluding hydrogens is 396 g/mol. The summed E-state index contributed by atoms with van der Waals surface area (Å²) in [5.74, 6) is 0.821. The van der Waals surface area contributed by atoms with Crippen LogP contribution in [0.5, 0.6) is 5.75 Å². The Hall–Kier alpha value is -3.37. The number of H-pyrrole nitrogens is 1. The van der Waals surface area contributed by atoms with E-state index < -0.39 is 0 Å². The number of aromatic amines is 1. The highest BCUT2D eigenvalue weighted by Gasteiger charge is 2.21. The van der Waals surface area contributed by atoms with E-state index in [9.17, 15) is 4.79 Å². The van der Waals surface area contributed by atoms with Gasteiger partial charge < -0.3 is 9.72 Å². The van der Waals surface area contributed by atoms with Gasteiger partial charge in [-0.3, -0.25) is 9.69 Å². The van der Waals surface area contributed by atoms with E-state index in [1.807, 2.05) is 78.9 Å². The maximum absolute atomic E-state index is 13.6. The number of piperidine rings is 1. The number of carbonyl (C=O) groups excluding carboxylic acids is 1. The zero-order valence-electron chi connectivity index (χ0n) is 18.2. The number of likely N-dealkylation sites (tertiary alicyclic amines) is 1. The number of fused-ring (bicyclic) bond motifs is 1. The lowest BCUT2D eigenvalue weighted by Crippen LogP contribution is -2.33. The van der Waals surface area contributed by atoms with Gasteiger partial charge in [0.15, 0.2) is 5.78 Å². The van der Waals surface area contributed by atoms with Crippen LogP contribution in [0, 0.1) is 0 Å². The molecule has 0 amide bonds. The van der Waals surface area contributed by atoms with Crippen molar-refractivity contribution < 1.29 is 9.53 Å². The molecule has 0 radical (unpaired) electrons. The Labute approximate surface area is 188 Å². The second-order valence-electron chi connectivity index (χ2n) is 8.39. The zero-order valence-corrected chi connectivity index (χ0v) is 18.2. The Morgan fingerprint density at radius 2 is 1.56 bits per heavy atom. The molecule has 1 aliphatic rings. The predicted molar refractivity (Wildman–Crippen MR) is 129 cm³/mol. The van der Waals surface area contributed by atoms with Crippen molar-refractivity contribution in [1.82, 2.24) is 9.88 Å². The molecule has 3 aromatic carbocycles. The molecule has 1 aromatic heterocycles. The monoisotopic (exact) mass is 424 g/mol. The van der Waals surface area contributed by atoms with E-state index in [2.05, 4.69) is 9.88 Å². The number of para-hydroxylation sites is 1. The molecule has 4 heteroatoms. The second kappa shape index (κ2) is 9.41. The Kier molecular flexibility index (Phi) is 6.04. The lowest BCUT2D eigenvalue weighted by Gasteiger charge is -2.26. The highest BCUT2D eigenvalue weighted by atomic mass is 16.5. The molecule has 1 saturated heterocycles. The third-order valence-electron chi connectivity index (χ3n) is 6.24. The average Bonchev–Trinajstić information content (AvgIpc) is 3.25. The number of aromatic nitrogens is 1. The van der Waals surface area contributed by atoms with Crippen molar-refractivity contribution >= 4 is 16.7 Å². The predicted octanol–water partition coefficient (Wildman–Crippen LogP) is 5.93. The lowest BCUT2D eigenvalue weighted by molar-refractivity contribution is 0.104. The van der Waals surface area contributed by atoms with Crippen molar-refractivity contribution in [3.05, 3.63) is 90.0 Å². The Bertz CT molecular complexity index is 1190. The smallest absolute Gasteiger partial charge is 0.195 e. The number of hydrogen-bond donors (Lipinski definition) is 1. The van der Waals surface area contributed by atoms with E-state index in [1.165, 1.54) is 32.4 Å². The molecule has 1 fully saturated rings. The van der Waals surface area contributed by atoms with Crippen LogP contribution in [-0.2, 0) is 0 Å². The standard InChI is InChI=1S/C28H28N2O2/c31-28(22-13-15-23(16-14-22)32-20-19-30-17-7-2-8-18-30)26-24-11-5-6-12-25(24)29-27(26)21-9-3-1-4-10-21/h1,3-6,9-16,29H,2,7-8,17-20H2. The summed E-state index contributed by atoms with van der Waals surface area (Å²) in [6, 6.07) is 25.5. The molecule has 0 spiro atoms. The van der Waals surface area contributed by atoms with Gasteiger partial charge >= 0.3 is 0 Å². The van der Waals surface area contributed by atoms with Gasteiger partial charge in [-0.2, -0.15) is 0 Å². The summed E-state index contributed by atoms with van der Waals surface area (Å²) in [5, 5.41) is 0.943. The molecular formula is C28H28N2O2. The van der Waals surface area contributed by atoms with E-state index in [1.54, 1.807) is 0 Å². The second-order valence-corrected chi connectivity index (χ2v) is 8.39. The highest BCUT2D eigenvalue weighted by Crippen LogP contribution is 2.32. The van der Waals surface area contributed by atoms with Crippen molar-refractivity contribution in [3.8, 4) is 17.0 Å². The summed E-state index contributed by atoms with van der Waals surface area (Å²) in [6.07, 6.45) is 3.92. The largest absolute Gasteiger partial charge is 0.492 e. The molecule has 2 heterocycles. The number of benzene rings is 3. The van der Waals surface area contributed by atoms with Gasteiger partial charge in [0.25, 0.3) is 0 Å². The molecule has 0 bridgehead atoms. The van der Waals surface area contributed by atoms with Crippen LogP contribution in [0.4, 0.5) is 0 Å². The summed E-state index contributed by atoms with van der Waals surface area (Å²) in [7, 11) is 0. The van der Waals surface area contributed by atoms with E-state index in [0.717, 1.165) is 34.5 Å². The van der Waals surface area contributed by atoms with Crippen molar-refractivity contribution in [3.63, 3.8) is 0 Å². The third kappa shape index (κ3) is 4.32. The van der Waals surface area contributed by atoms with Crippen molar-refractivity contribution in [2.24, 2.45) is 0 Å². The summed E-state index contributed by atoms with van der Waals surface area (Å²) < 4.78 is 5.94. The molecule has 0 unspecified atom stereocenters. The average molecular weight is 425 g/mol. The van der Waals surface area contributed by atoms with E-state index in [-0.39, 0.29) is 5.78 Å². The SMILES string of the molecule is O=C(c1ccc(OCCN2CCCCC2)cc1)c1c(-c2ccccc2)[nH]c2ccccc12. The number of hydrogen-bond acceptors (Lipinski definition) is 3. The minimum absolute atomic E-state index is 0.0150. The molecule has 4 aromatic rings.